The van der Waals surface area contributed by atoms with Crippen molar-refractivity contribution in [3.63, 3.8) is 0 Å². The molecule has 1 saturated heterocycles. The van der Waals surface area contributed by atoms with Gasteiger partial charge in [0.05, 0.1) is 11.7 Å². The number of aromatic nitrogens is 3. The number of fused-ring (bicyclic) bond motifs is 3. The van der Waals surface area contributed by atoms with Crippen LogP contribution in [0, 0.1) is 5.41 Å². The van der Waals surface area contributed by atoms with Gasteiger partial charge < -0.3 is 13.9 Å². The average molecular weight is 377 g/mol. The van der Waals surface area contributed by atoms with Crippen LogP contribution >= 0.6 is 0 Å². The molecule has 0 unspecified atom stereocenters. The number of nitrogens with zero attached hydrogens (tertiary/aromatic N) is 3. The number of aryl methyl sites for hydroxylation is 3. The van der Waals surface area contributed by atoms with Crippen LogP contribution in [0.4, 0.5) is 0 Å². The highest BCUT2D eigenvalue weighted by Gasteiger charge is 2.24. The highest BCUT2D eigenvalue weighted by atomic mass is 16.5. The van der Waals surface area contributed by atoms with Crippen molar-refractivity contribution in [3.8, 4) is 0 Å². The SMILES string of the molecule is N=c1c2c3c(n(CCc4ccccc4)c2ncn1C1CCOCC1)CCCC3. The van der Waals surface area contributed by atoms with E-state index in [1.54, 1.807) is 0 Å². The Morgan fingerprint density at radius 2 is 1.86 bits per heavy atom. The standard InChI is InChI=1S/C23H28N4O/c24-22-21-19-8-4-5-9-20(19)26(13-10-17-6-2-1-3-7-17)23(21)25-16-27(22)18-11-14-28-15-12-18/h1-3,6-7,16,18,24H,4-5,8-15H2. The Morgan fingerprint density at radius 3 is 2.68 bits per heavy atom. The van der Waals surface area contributed by atoms with E-state index < -0.39 is 0 Å². The quantitative estimate of drug-likeness (QED) is 0.753. The molecule has 2 aromatic heterocycles. The zero-order valence-corrected chi connectivity index (χ0v) is 16.4. The van der Waals surface area contributed by atoms with Crippen LogP contribution in [0.1, 0.15) is 48.5 Å². The van der Waals surface area contributed by atoms with Gasteiger partial charge in [0, 0.05) is 31.5 Å². The highest BCUT2D eigenvalue weighted by Crippen LogP contribution is 2.30. The van der Waals surface area contributed by atoms with Crippen molar-refractivity contribution in [1.82, 2.24) is 14.1 Å². The van der Waals surface area contributed by atoms with Crippen molar-refractivity contribution in [3.05, 3.63) is 59.0 Å². The van der Waals surface area contributed by atoms with Crippen molar-refractivity contribution in [2.24, 2.45) is 0 Å². The maximum Gasteiger partial charge on any atom is 0.145 e. The first kappa shape index (κ1) is 17.7. The molecule has 2 aliphatic rings. The van der Waals surface area contributed by atoms with E-state index in [4.69, 9.17) is 15.1 Å². The molecule has 1 aromatic carbocycles. The monoisotopic (exact) mass is 376 g/mol. The van der Waals surface area contributed by atoms with Crippen LogP contribution < -0.4 is 5.49 Å². The fourth-order valence-electron chi connectivity index (χ4n) is 4.91. The van der Waals surface area contributed by atoms with E-state index in [-0.39, 0.29) is 0 Å². The van der Waals surface area contributed by atoms with Crippen LogP contribution in [-0.2, 0) is 30.5 Å². The Hall–Kier alpha value is -2.40. The molecule has 0 amide bonds. The van der Waals surface area contributed by atoms with Crippen molar-refractivity contribution >= 4 is 11.0 Å². The van der Waals surface area contributed by atoms with E-state index in [9.17, 15) is 0 Å². The number of ether oxygens (including phenoxy) is 1. The molecular formula is C23H28N4O. The molecule has 5 nitrogen and oxygen atoms in total. The largest absolute Gasteiger partial charge is 0.381 e. The Bertz CT molecular complexity index is 1030. The van der Waals surface area contributed by atoms with Gasteiger partial charge in [-0.05, 0) is 56.1 Å². The average Bonchev–Trinajstić information content (AvgIpc) is 3.08. The van der Waals surface area contributed by atoms with Gasteiger partial charge in [0.2, 0.25) is 0 Å². The summed E-state index contributed by atoms with van der Waals surface area (Å²) in [5, 5.41) is 10.1. The second-order valence-corrected chi connectivity index (χ2v) is 8.06. The van der Waals surface area contributed by atoms with E-state index in [0.717, 1.165) is 62.9 Å². The lowest BCUT2D eigenvalue weighted by molar-refractivity contribution is 0.0682. The van der Waals surface area contributed by atoms with E-state index in [2.05, 4.69) is 39.5 Å². The van der Waals surface area contributed by atoms with Crippen LogP contribution in [-0.4, -0.2) is 27.3 Å². The summed E-state index contributed by atoms with van der Waals surface area (Å²) in [6.45, 7) is 2.50. The topological polar surface area (TPSA) is 55.8 Å². The van der Waals surface area contributed by atoms with Gasteiger partial charge in [-0.1, -0.05) is 30.3 Å². The zero-order chi connectivity index (χ0) is 18.9. The lowest BCUT2D eigenvalue weighted by Crippen LogP contribution is -2.29. The number of benzene rings is 1. The number of hydrogen-bond donors (Lipinski definition) is 1. The Labute approximate surface area is 165 Å². The molecule has 1 aliphatic carbocycles. The van der Waals surface area contributed by atoms with Crippen molar-refractivity contribution in [2.75, 3.05) is 13.2 Å². The van der Waals surface area contributed by atoms with E-state index in [1.165, 1.54) is 29.7 Å². The van der Waals surface area contributed by atoms with Gasteiger partial charge in [0.25, 0.3) is 0 Å². The minimum absolute atomic E-state index is 0.338. The lowest BCUT2D eigenvalue weighted by atomic mass is 9.96. The lowest BCUT2D eigenvalue weighted by Gasteiger charge is -2.24. The zero-order valence-electron chi connectivity index (χ0n) is 16.4. The Kier molecular flexibility index (Phi) is 4.77. The summed E-state index contributed by atoms with van der Waals surface area (Å²) in [6.07, 6.45) is 9.50. The molecule has 1 aliphatic heterocycles. The molecule has 0 saturated carbocycles. The number of rotatable bonds is 4. The van der Waals surface area contributed by atoms with Crippen LogP contribution in [0.25, 0.3) is 11.0 Å². The smallest absolute Gasteiger partial charge is 0.145 e. The van der Waals surface area contributed by atoms with Gasteiger partial charge in [0.15, 0.2) is 0 Å². The van der Waals surface area contributed by atoms with Gasteiger partial charge in [-0.15, -0.1) is 0 Å². The van der Waals surface area contributed by atoms with Gasteiger partial charge in [-0.3, -0.25) is 5.41 Å². The molecule has 3 aromatic rings. The first-order chi connectivity index (χ1) is 13.8. The van der Waals surface area contributed by atoms with Crippen LogP contribution in [0.15, 0.2) is 36.7 Å². The maximum absolute atomic E-state index is 8.99. The third-order valence-electron chi connectivity index (χ3n) is 6.40. The van der Waals surface area contributed by atoms with Gasteiger partial charge >= 0.3 is 0 Å². The summed E-state index contributed by atoms with van der Waals surface area (Å²) in [7, 11) is 0. The summed E-state index contributed by atoms with van der Waals surface area (Å²) < 4.78 is 10.0. The van der Waals surface area contributed by atoms with Crippen LogP contribution in [0.3, 0.4) is 0 Å². The normalized spacial score (nSPS) is 17.7. The van der Waals surface area contributed by atoms with Gasteiger partial charge in [0.1, 0.15) is 11.1 Å². The predicted molar refractivity (Wildman–Crippen MR) is 109 cm³/mol. The third kappa shape index (κ3) is 3.08. The number of nitrogens with one attached hydrogen (secondary N) is 1. The number of hydrogen-bond acceptors (Lipinski definition) is 3. The second-order valence-electron chi connectivity index (χ2n) is 8.06. The molecule has 1 fully saturated rings. The van der Waals surface area contributed by atoms with Crippen molar-refractivity contribution in [1.29, 1.82) is 5.41 Å². The molecule has 0 spiro atoms. The molecule has 0 bridgehead atoms. The molecule has 0 atom stereocenters. The summed E-state index contributed by atoms with van der Waals surface area (Å²) >= 11 is 0. The summed E-state index contributed by atoms with van der Waals surface area (Å²) in [5.74, 6) is 0. The van der Waals surface area contributed by atoms with E-state index >= 15 is 0 Å². The Balaban J connectivity index is 1.58. The highest BCUT2D eigenvalue weighted by molar-refractivity contribution is 5.81. The van der Waals surface area contributed by atoms with Crippen molar-refractivity contribution < 1.29 is 4.74 Å². The minimum Gasteiger partial charge on any atom is -0.381 e. The second kappa shape index (κ2) is 7.55. The summed E-state index contributed by atoms with van der Waals surface area (Å²) in [5.41, 5.74) is 5.81. The minimum atomic E-state index is 0.338. The predicted octanol–water partition coefficient (Wildman–Crippen LogP) is 3.79. The molecule has 146 valence electrons. The van der Waals surface area contributed by atoms with Crippen molar-refractivity contribution in [2.45, 2.75) is 57.5 Å². The Morgan fingerprint density at radius 1 is 1.07 bits per heavy atom. The fourth-order valence-corrected chi connectivity index (χ4v) is 4.91. The van der Waals surface area contributed by atoms with Crippen LogP contribution in [0.2, 0.25) is 0 Å². The fraction of sp³-hybridized carbons (Fsp3) is 0.478. The molecule has 28 heavy (non-hydrogen) atoms. The molecule has 0 radical (unpaired) electrons. The third-order valence-corrected chi connectivity index (χ3v) is 6.40. The first-order valence-electron chi connectivity index (χ1n) is 10.6. The maximum atomic E-state index is 8.99. The van der Waals surface area contributed by atoms with Gasteiger partial charge in [-0.25, -0.2) is 4.98 Å². The summed E-state index contributed by atoms with van der Waals surface area (Å²) in [6, 6.07) is 11.0. The van der Waals surface area contributed by atoms with E-state index in [0.29, 0.717) is 11.5 Å². The van der Waals surface area contributed by atoms with Crippen LogP contribution in [0.5, 0.6) is 0 Å². The molecule has 5 heteroatoms. The molecule has 1 N–H and O–H groups in total. The molecular weight excluding hydrogens is 348 g/mol. The van der Waals surface area contributed by atoms with E-state index in [1.807, 2.05) is 6.33 Å². The molecule has 3 heterocycles. The molecule has 5 rings (SSSR count). The first-order valence-corrected chi connectivity index (χ1v) is 10.6. The van der Waals surface area contributed by atoms with Gasteiger partial charge in [-0.2, -0.15) is 0 Å². The summed E-state index contributed by atoms with van der Waals surface area (Å²) in [4.78, 5) is 4.90.